The third kappa shape index (κ3) is 3.96. The molecule has 0 bridgehead atoms. The minimum absolute atomic E-state index is 0.0660. The number of carbonyl (C=O) groups excluding carboxylic acids is 1. The first-order chi connectivity index (χ1) is 14.6. The van der Waals surface area contributed by atoms with Crippen LogP contribution in [0, 0.1) is 5.41 Å². The van der Waals surface area contributed by atoms with Gasteiger partial charge in [-0.3, -0.25) is 14.6 Å². The zero-order chi connectivity index (χ0) is 22.4. The number of aromatic nitrogens is 1. The molecule has 1 aromatic heterocycles. The lowest BCUT2D eigenvalue weighted by Gasteiger charge is -2.32. The number of aliphatic carboxylic acids is 1. The molecule has 1 saturated carbocycles. The lowest BCUT2D eigenvalue weighted by Crippen LogP contribution is -2.45. The number of alkyl halides is 3. The highest BCUT2D eigenvalue weighted by atomic mass is 19.4. The van der Waals surface area contributed by atoms with Crippen molar-refractivity contribution in [1.82, 2.24) is 4.98 Å². The zero-order valence-corrected chi connectivity index (χ0v) is 16.6. The van der Waals surface area contributed by atoms with E-state index in [0.29, 0.717) is 11.5 Å². The highest BCUT2D eigenvalue weighted by Gasteiger charge is 2.54. The Kier molecular flexibility index (Phi) is 5.15. The fourth-order valence-electron chi connectivity index (χ4n) is 4.48. The molecule has 2 aromatic rings. The Hall–Kier alpha value is -3.10. The molecule has 9 heteroatoms. The number of carbonyl (C=O) groups is 2. The molecule has 3 N–H and O–H groups in total. The summed E-state index contributed by atoms with van der Waals surface area (Å²) in [4.78, 5) is 30.0. The smallest absolute Gasteiger partial charge is 0.417 e. The molecule has 164 valence electrons. The zero-order valence-electron chi connectivity index (χ0n) is 16.6. The van der Waals surface area contributed by atoms with Gasteiger partial charge in [-0.05, 0) is 42.4 Å². The maximum atomic E-state index is 13.1. The van der Waals surface area contributed by atoms with Gasteiger partial charge in [0.05, 0.1) is 23.4 Å². The quantitative estimate of drug-likeness (QED) is 0.727. The third-order valence-corrected chi connectivity index (χ3v) is 6.30. The van der Waals surface area contributed by atoms with Crippen LogP contribution in [0.2, 0.25) is 0 Å². The van der Waals surface area contributed by atoms with E-state index in [1.807, 2.05) is 12.1 Å². The molecule has 1 unspecified atom stereocenters. The Morgan fingerprint density at radius 2 is 1.87 bits per heavy atom. The van der Waals surface area contributed by atoms with Crippen LogP contribution in [0.5, 0.6) is 0 Å². The van der Waals surface area contributed by atoms with Crippen LogP contribution in [0.1, 0.15) is 47.8 Å². The number of rotatable bonds is 6. The Morgan fingerprint density at radius 3 is 2.42 bits per heavy atom. The number of primary amides is 1. The van der Waals surface area contributed by atoms with Crippen LogP contribution in [-0.2, 0) is 15.8 Å². The van der Waals surface area contributed by atoms with Crippen LogP contribution in [-0.4, -0.2) is 35.1 Å². The van der Waals surface area contributed by atoms with E-state index in [1.54, 1.807) is 12.1 Å². The summed E-state index contributed by atoms with van der Waals surface area (Å²) in [6.07, 6.45) is -0.300. The van der Waals surface area contributed by atoms with Crippen LogP contribution in [0.15, 0.2) is 42.7 Å². The van der Waals surface area contributed by atoms with Crippen LogP contribution in [0.3, 0.4) is 0 Å². The van der Waals surface area contributed by atoms with Gasteiger partial charge in [0.25, 0.3) is 0 Å². The average molecular weight is 433 g/mol. The highest BCUT2D eigenvalue weighted by Crippen LogP contribution is 2.46. The van der Waals surface area contributed by atoms with Crippen LogP contribution >= 0.6 is 0 Å². The first kappa shape index (κ1) is 21.1. The van der Waals surface area contributed by atoms with Gasteiger partial charge < -0.3 is 15.7 Å². The summed E-state index contributed by atoms with van der Waals surface area (Å²) in [6, 6.07) is 8.20. The molecule has 1 amide bonds. The summed E-state index contributed by atoms with van der Waals surface area (Å²) in [7, 11) is 0. The van der Waals surface area contributed by atoms with E-state index < -0.39 is 34.9 Å². The second kappa shape index (κ2) is 7.55. The average Bonchev–Trinajstić information content (AvgIpc) is 3.47. The van der Waals surface area contributed by atoms with E-state index in [0.717, 1.165) is 30.7 Å². The number of amides is 1. The molecular weight excluding hydrogens is 411 g/mol. The number of nitrogens with two attached hydrogens (primary N) is 1. The van der Waals surface area contributed by atoms with Gasteiger partial charge in [0.2, 0.25) is 5.91 Å². The maximum absolute atomic E-state index is 13.1. The minimum atomic E-state index is -4.56. The first-order valence-corrected chi connectivity index (χ1v) is 10.0. The van der Waals surface area contributed by atoms with Gasteiger partial charge >= 0.3 is 12.1 Å². The number of nitrogens with zero attached hydrogens (tertiary/aromatic N) is 2. The fourth-order valence-corrected chi connectivity index (χ4v) is 4.48. The van der Waals surface area contributed by atoms with Gasteiger partial charge in [0, 0.05) is 19.3 Å². The van der Waals surface area contributed by atoms with Crippen molar-refractivity contribution in [1.29, 1.82) is 0 Å². The van der Waals surface area contributed by atoms with Crippen molar-refractivity contribution < 1.29 is 27.9 Å². The van der Waals surface area contributed by atoms with E-state index in [4.69, 9.17) is 5.73 Å². The van der Waals surface area contributed by atoms with Crippen molar-refractivity contribution in [3.63, 3.8) is 0 Å². The number of carboxylic acids is 1. The topological polar surface area (TPSA) is 96.5 Å². The molecule has 6 nitrogen and oxygen atoms in total. The van der Waals surface area contributed by atoms with E-state index in [2.05, 4.69) is 4.98 Å². The van der Waals surface area contributed by atoms with Crippen molar-refractivity contribution in [2.45, 2.75) is 37.3 Å². The monoisotopic (exact) mass is 433 g/mol. The second-order valence-electron chi connectivity index (χ2n) is 8.34. The predicted molar refractivity (Wildman–Crippen MR) is 106 cm³/mol. The van der Waals surface area contributed by atoms with E-state index >= 15 is 0 Å². The number of carboxylic acid groups (broad SMARTS) is 1. The molecule has 1 aliphatic heterocycles. The van der Waals surface area contributed by atoms with E-state index in [9.17, 15) is 27.9 Å². The summed E-state index contributed by atoms with van der Waals surface area (Å²) in [6.45, 7) is 0.0164. The van der Waals surface area contributed by atoms with Crippen molar-refractivity contribution >= 4 is 17.6 Å². The summed E-state index contributed by atoms with van der Waals surface area (Å²) < 4.78 is 39.2. The Morgan fingerprint density at radius 1 is 1.19 bits per heavy atom. The largest absolute Gasteiger partial charge is 0.481 e. The standard InChI is InChI=1S/C22H22F3N3O3/c23-22(24,25)16-9-17(11-27-10-16)28-8-7-21(12-28,20(30)31)18(19(26)29)15-5-3-14(4-6-15)13-1-2-13/h3-6,9-11,13,18H,1-2,7-8,12H2,(H2,26,29)(H,30,31)/t18?,21-/m0/s1. The Balaban J connectivity index is 1.67. The highest BCUT2D eigenvalue weighted by molar-refractivity contribution is 5.91. The maximum Gasteiger partial charge on any atom is 0.417 e. The lowest BCUT2D eigenvalue weighted by atomic mass is 9.70. The van der Waals surface area contributed by atoms with Gasteiger partial charge in [-0.2, -0.15) is 13.2 Å². The number of benzene rings is 1. The SMILES string of the molecule is NC(=O)C(c1ccc(C2CC2)cc1)[C@]1(C(=O)O)CCN(c2cncc(C(F)(F)F)c2)C1. The fraction of sp³-hybridized carbons (Fsp3) is 0.409. The Labute approximate surface area is 176 Å². The van der Waals surface area contributed by atoms with E-state index in [-0.39, 0.29) is 25.2 Å². The number of hydrogen-bond donors (Lipinski definition) is 2. The molecule has 1 aromatic carbocycles. The van der Waals surface area contributed by atoms with Crippen molar-refractivity contribution in [3.8, 4) is 0 Å². The summed E-state index contributed by atoms with van der Waals surface area (Å²) in [5.41, 5.74) is 4.99. The van der Waals surface area contributed by atoms with Crippen LogP contribution in [0.25, 0.3) is 0 Å². The van der Waals surface area contributed by atoms with Crippen molar-refractivity contribution in [2.75, 3.05) is 18.0 Å². The van der Waals surface area contributed by atoms with Gasteiger partial charge in [0.15, 0.2) is 0 Å². The molecule has 31 heavy (non-hydrogen) atoms. The number of halogens is 3. The second-order valence-corrected chi connectivity index (χ2v) is 8.34. The summed E-state index contributed by atoms with van der Waals surface area (Å²) >= 11 is 0. The lowest BCUT2D eigenvalue weighted by molar-refractivity contribution is -0.151. The number of hydrogen-bond acceptors (Lipinski definition) is 4. The van der Waals surface area contributed by atoms with E-state index in [1.165, 1.54) is 11.1 Å². The summed E-state index contributed by atoms with van der Waals surface area (Å²) in [5, 5.41) is 10.1. The van der Waals surface area contributed by atoms with Crippen LogP contribution < -0.4 is 10.6 Å². The Bertz CT molecular complexity index is 1010. The molecule has 1 aliphatic carbocycles. The van der Waals surface area contributed by atoms with Gasteiger partial charge in [-0.15, -0.1) is 0 Å². The third-order valence-electron chi connectivity index (χ3n) is 6.30. The number of anilines is 1. The molecule has 2 aliphatic rings. The number of pyridine rings is 1. The minimum Gasteiger partial charge on any atom is -0.481 e. The molecule has 4 rings (SSSR count). The molecular formula is C22H22F3N3O3. The molecule has 2 fully saturated rings. The van der Waals surface area contributed by atoms with Gasteiger partial charge in [-0.1, -0.05) is 24.3 Å². The van der Waals surface area contributed by atoms with Crippen molar-refractivity contribution in [2.24, 2.45) is 11.1 Å². The molecule has 2 atom stereocenters. The molecule has 2 heterocycles. The van der Waals surface area contributed by atoms with Gasteiger partial charge in [0.1, 0.15) is 5.41 Å². The van der Waals surface area contributed by atoms with Gasteiger partial charge in [-0.25, -0.2) is 0 Å². The molecule has 0 radical (unpaired) electrons. The molecule has 0 spiro atoms. The normalized spacial score (nSPS) is 22.4. The van der Waals surface area contributed by atoms with Crippen LogP contribution in [0.4, 0.5) is 18.9 Å². The molecule has 1 saturated heterocycles. The first-order valence-electron chi connectivity index (χ1n) is 10.0. The predicted octanol–water partition coefficient (Wildman–Crippen LogP) is 3.53. The summed E-state index contributed by atoms with van der Waals surface area (Å²) in [5.74, 6) is -2.58. The van der Waals surface area contributed by atoms with Crippen molar-refractivity contribution in [3.05, 3.63) is 59.4 Å².